The molecule has 2 aromatic rings. The third-order valence-corrected chi connectivity index (χ3v) is 6.85. The van der Waals surface area contributed by atoms with Crippen molar-refractivity contribution in [3.05, 3.63) is 35.2 Å². The molecule has 1 aliphatic carbocycles. The lowest BCUT2D eigenvalue weighted by Crippen LogP contribution is -2.49. The Labute approximate surface area is 197 Å². The molecule has 1 saturated heterocycles. The Balaban J connectivity index is 1.47. The van der Waals surface area contributed by atoms with Crippen molar-refractivity contribution in [2.45, 2.75) is 57.5 Å². The molecule has 2 heterocycles. The largest absolute Gasteiger partial charge is 0.419 e. The van der Waals surface area contributed by atoms with Crippen molar-refractivity contribution < 1.29 is 18.8 Å². The predicted molar refractivity (Wildman–Crippen MR) is 121 cm³/mol. The number of aromatic nitrogens is 2. The van der Waals surface area contributed by atoms with E-state index >= 15 is 0 Å². The summed E-state index contributed by atoms with van der Waals surface area (Å²) < 4.78 is 5.74. The lowest BCUT2D eigenvalue weighted by molar-refractivity contribution is -0.140. The second-order valence-corrected chi connectivity index (χ2v) is 9.03. The first kappa shape index (κ1) is 23.2. The molecule has 4 rings (SSSR count). The molecule has 0 radical (unpaired) electrons. The first-order valence-corrected chi connectivity index (χ1v) is 11.7. The minimum Gasteiger partial charge on any atom is -0.419 e. The van der Waals surface area contributed by atoms with Gasteiger partial charge in [-0.25, -0.2) is 4.79 Å². The van der Waals surface area contributed by atoms with Crippen LogP contribution in [0.15, 0.2) is 28.7 Å². The first-order valence-electron chi connectivity index (χ1n) is 11.3. The van der Waals surface area contributed by atoms with E-state index in [2.05, 4.69) is 10.2 Å². The van der Waals surface area contributed by atoms with Crippen LogP contribution in [-0.4, -0.2) is 68.4 Å². The van der Waals surface area contributed by atoms with E-state index in [1.54, 1.807) is 25.2 Å². The van der Waals surface area contributed by atoms with Gasteiger partial charge in [-0.2, -0.15) is 0 Å². The van der Waals surface area contributed by atoms with Crippen molar-refractivity contribution in [2.24, 2.45) is 0 Å². The van der Waals surface area contributed by atoms with Crippen molar-refractivity contribution in [3.8, 4) is 11.5 Å². The summed E-state index contributed by atoms with van der Waals surface area (Å²) in [5.74, 6) is -0.0764. The van der Waals surface area contributed by atoms with Crippen LogP contribution < -0.4 is 0 Å². The number of carbonyl (C=O) groups excluding carboxylic acids is 3. The van der Waals surface area contributed by atoms with E-state index in [4.69, 9.17) is 16.0 Å². The number of urea groups is 1. The third kappa shape index (κ3) is 4.34. The maximum atomic E-state index is 13.2. The van der Waals surface area contributed by atoms with Gasteiger partial charge in [0.15, 0.2) is 0 Å². The Hall–Kier alpha value is -2.94. The maximum Gasteiger partial charge on any atom is 0.327 e. The SMILES string of the molecule is CCCN(Cc1nnc(-c2ccccc2Cl)o1)C(=O)CN1C(=O)N(C)C2(CCCCC2)C1=O. The van der Waals surface area contributed by atoms with Gasteiger partial charge in [-0.1, -0.05) is 49.9 Å². The number of halogens is 1. The van der Waals surface area contributed by atoms with Crippen molar-refractivity contribution >= 4 is 29.4 Å². The molecule has 176 valence electrons. The number of rotatable bonds is 7. The van der Waals surface area contributed by atoms with Crippen LogP contribution in [0.2, 0.25) is 5.02 Å². The second-order valence-electron chi connectivity index (χ2n) is 8.62. The molecule has 1 aromatic carbocycles. The summed E-state index contributed by atoms with van der Waals surface area (Å²) in [6, 6.07) is 6.72. The van der Waals surface area contributed by atoms with Gasteiger partial charge in [-0.3, -0.25) is 14.5 Å². The number of amides is 4. The molecule has 1 aromatic heterocycles. The van der Waals surface area contributed by atoms with E-state index in [9.17, 15) is 14.4 Å². The zero-order valence-electron chi connectivity index (χ0n) is 18.9. The Morgan fingerprint density at radius 3 is 2.61 bits per heavy atom. The minimum absolute atomic E-state index is 0.0847. The highest BCUT2D eigenvalue weighted by molar-refractivity contribution is 6.33. The van der Waals surface area contributed by atoms with Gasteiger partial charge in [0.25, 0.3) is 5.91 Å². The van der Waals surface area contributed by atoms with Crippen LogP contribution in [0.1, 0.15) is 51.3 Å². The quantitative estimate of drug-likeness (QED) is 0.568. The van der Waals surface area contributed by atoms with Gasteiger partial charge >= 0.3 is 6.03 Å². The van der Waals surface area contributed by atoms with Gasteiger partial charge in [0.05, 0.1) is 17.1 Å². The molecular formula is C23H28ClN5O4. The van der Waals surface area contributed by atoms with Gasteiger partial charge in [0.1, 0.15) is 12.1 Å². The smallest absolute Gasteiger partial charge is 0.327 e. The summed E-state index contributed by atoms with van der Waals surface area (Å²) in [6.45, 7) is 2.16. The van der Waals surface area contributed by atoms with Crippen LogP contribution >= 0.6 is 11.6 Å². The molecule has 1 spiro atoms. The predicted octanol–water partition coefficient (Wildman–Crippen LogP) is 3.73. The Bertz CT molecular complexity index is 1050. The van der Waals surface area contributed by atoms with E-state index in [-0.39, 0.29) is 36.7 Å². The van der Waals surface area contributed by atoms with E-state index < -0.39 is 11.6 Å². The van der Waals surface area contributed by atoms with Crippen LogP contribution in [0.3, 0.4) is 0 Å². The number of imide groups is 1. The summed E-state index contributed by atoms with van der Waals surface area (Å²) in [6.07, 6.45) is 4.84. The van der Waals surface area contributed by atoms with Gasteiger partial charge in [0.2, 0.25) is 17.7 Å². The van der Waals surface area contributed by atoms with Gasteiger partial charge < -0.3 is 14.2 Å². The van der Waals surface area contributed by atoms with Crippen molar-refractivity contribution in [2.75, 3.05) is 20.1 Å². The molecule has 2 fully saturated rings. The summed E-state index contributed by atoms with van der Waals surface area (Å²) in [7, 11) is 1.66. The molecule has 1 saturated carbocycles. The number of hydrogen-bond acceptors (Lipinski definition) is 6. The monoisotopic (exact) mass is 473 g/mol. The Morgan fingerprint density at radius 1 is 1.18 bits per heavy atom. The van der Waals surface area contributed by atoms with E-state index in [0.29, 0.717) is 36.4 Å². The highest BCUT2D eigenvalue weighted by atomic mass is 35.5. The average Bonchev–Trinajstić information content (AvgIpc) is 3.34. The average molecular weight is 474 g/mol. The van der Waals surface area contributed by atoms with Crippen LogP contribution in [0.4, 0.5) is 4.79 Å². The first-order chi connectivity index (χ1) is 15.9. The molecule has 0 bridgehead atoms. The summed E-state index contributed by atoms with van der Waals surface area (Å²) in [5.41, 5.74) is -0.193. The summed E-state index contributed by atoms with van der Waals surface area (Å²) >= 11 is 6.20. The van der Waals surface area contributed by atoms with E-state index in [1.165, 1.54) is 9.80 Å². The zero-order valence-corrected chi connectivity index (χ0v) is 19.7. The lowest BCUT2D eigenvalue weighted by atomic mass is 9.81. The molecule has 0 atom stereocenters. The maximum absolute atomic E-state index is 13.2. The highest BCUT2D eigenvalue weighted by Crippen LogP contribution is 2.39. The standard InChI is InChI=1S/C23H28ClN5O4/c1-3-13-28(14-18-25-26-20(33-18)16-9-5-6-10-17(16)24)19(30)15-29-21(31)23(27(2)22(29)32)11-7-4-8-12-23/h5-6,9-10H,3-4,7-8,11-15H2,1-2H3. The second kappa shape index (κ2) is 9.51. The van der Waals surface area contributed by atoms with Crippen LogP contribution in [0.25, 0.3) is 11.5 Å². The zero-order chi connectivity index (χ0) is 23.6. The van der Waals surface area contributed by atoms with Crippen LogP contribution in [-0.2, 0) is 16.1 Å². The van der Waals surface area contributed by atoms with E-state index in [1.807, 2.05) is 13.0 Å². The van der Waals surface area contributed by atoms with Crippen LogP contribution in [0.5, 0.6) is 0 Å². The normalized spacial score (nSPS) is 17.8. The highest BCUT2D eigenvalue weighted by Gasteiger charge is 2.56. The number of nitrogens with zero attached hydrogens (tertiary/aromatic N) is 5. The molecule has 0 N–H and O–H groups in total. The molecular weight excluding hydrogens is 446 g/mol. The number of hydrogen-bond donors (Lipinski definition) is 0. The van der Waals surface area contributed by atoms with Crippen molar-refractivity contribution in [3.63, 3.8) is 0 Å². The molecule has 2 aliphatic rings. The fraction of sp³-hybridized carbons (Fsp3) is 0.522. The number of carbonyl (C=O) groups is 3. The van der Waals surface area contributed by atoms with Gasteiger partial charge in [-0.15, -0.1) is 10.2 Å². The molecule has 9 nitrogen and oxygen atoms in total. The number of likely N-dealkylation sites (N-methyl/N-ethyl adjacent to an activating group) is 1. The molecule has 0 unspecified atom stereocenters. The molecule has 10 heteroatoms. The molecule has 1 aliphatic heterocycles. The fourth-order valence-corrected chi connectivity index (χ4v) is 4.91. The Morgan fingerprint density at radius 2 is 1.91 bits per heavy atom. The number of benzene rings is 1. The fourth-order valence-electron chi connectivity index (χ4n) is 4.69. The van der Waals surface area contributed by atoms with Crippen LogP contribution in [0, 0.1) is 0 Å². The van der Waals surface area contributed by atoms with Crippen molar-refractivity contribution in [1.29, 1.82) is 0 Å². The minimum atomic E-state index is -0.804. The molecule has 33 heavy (non-hydrogen) atoms. The van der Waals surface area contributed by atoms with Gasteiger partial charge in [-0.05, 0) is 31.4 Å². The van der Waals surface area contributed by atoms with E-state index in [0.717, 1.165) is 24.2 Å². The lowest BCUT2D eigenvalue weighted by Gasteiger charge is -2.35. The third-order valence-electron chi connectivity index (χ3n) is 6.52. The summed E-state index contributed by atoms with van der Waals surface area (Å²) in [5, 5.41) is 8.59. The molecule has 4 amide bonds. The van der Waals surface area contributed by atoms with Crippen molar-refractivity contribution in [1.82, 2.24) is 24.9 Å². The van der Waals surface area contributed by atoms with Gasteiger partial charge in [0, 0.05) is 13.6 Å². The summed E-state index contributed by atoms with van der Waals surface area (Å²) in [4.78, 5) is 43.4. The Kier molecular flexibility index (Phi) is 6.69. The topological polar surface area (TPSA) is 99.8 Å².